The second-order valence-electron chi connectivity index (χ2n) is 6.29. The molecule has 0 bridgehead atoms. The SMILES string of the molecule is NCC1(CC(=O)N2CCn3ccnc3C2)CCCCC1. The minimum Gasteiger partial charge on any atom is -0.333 e. The molecule has 5 heteroatoms. The van der Waals surface area contributed by atoms with Crippen LogP contribution in [0.5, 0.6) is 0 Å². The van der Waals surface area contributed by atoms with Gasteiger partial charge in [0, 0.05) is 31.9 Å². The Labute approximate surface area is 120 Å². The molecule has 1 aliphatic heterocycles. The van der Waals surface area contributed by atoms with Gasteiger partial charge >= 0.3 is 0 Å². The van der Waals surface area contributed by atoms with Gasteiger partial charge in [-0.05, 0) is 24.8 Å². The molecule has 1 saturated carbocycles. The van der Waals surface area contributed by atoms with E-state index < -0.39 is 0 Å². The molecule has 0 aromatic carbocycles. The Morgan fingerprint density at radius 1 is 1.30 bits per heavy atom. The largest absolute Gasteiger partial charge is 0.333 e. The predicted molar refractivity (Wildman–Crippen MR) is 76.8 cm³/mol. The molecule has 0 spiro atoms. The third-order valence-corrected chi connectivity index (χ3v) is 4.97. The molecule has 1 aromatic rings. The van der Waals surface area contributed by atoms with Crippen molar-refractivity contribution in [3.05, 3.63) is 18.2 Å². The van der Waals surface area contributed by atoms with Gasteiger partial charge in [0.2, 0.25) is 5.91 Å². The summed E-state index contributed by atoms with van der Waals surface area (Å²) in [5, 5.41) is 0. The normalized spacial score (nSPS) is 21.6. The highest BCUT2D eigenvalue weighted by atomic mass is 16.2. The Morgan fingerprint density at radius 2 is 2.10 bits per heavy atom. The number of amides is 1. The maximum absolute atomic E-state index is 12.6. The third kappa shape index (κ3) is 2.59. The lowest BCUT2D eigenvalue weighted by molar-refractivity contribution is -0.135. The summed E-state index contributed by atoms with van der Waals surface area (Å²) >= 11 is 0. The van der Waals surface area contributed by atoms with Crippen molar-refractivity contribution in [2.75, 3.05) is 13.1 Å². The van der Waals surface area contributed by atoms with Gasteiger partial charge in [0.1, 0.15) is 5.82 Å². The van der Waals surface area contributed by atoms with Crippen LogP contribution >= 0.6 is 0 Å². The lowest BCUT2D eigenvalue weighted by Crippen LogP contribution is -2.43. The molecule has 1 fully saturated rings. The summed E-state index contributed by atoms with van der Waals surface area (Å²) in [7, 11) is 0. The van der Waals surface area contributed by atoms with Crippen LogP contribution in [0.15, 0.2) is 12.4 Å². The summed E-state index contributed by atoms with van der Waals surface area (Å²) in [5.74, 6) is 1.25. The van der Waals surface area contributed by atoms with Crippen LogP contribution in [0.4, 0.5) is 0 Å². The molecule has 0 unspecified atom stereocenters. The average Bonchev–Trinajstić information content (AvgIpc) is 2.95. The summed E-state index contributed by atoms with van der Waals surface area (Å²) in [6.45, 7) is 2.94. The van der Waals surface area contributed by atoms with Crippen molar-refractivity contribution in [3.8, 4) is 0 Å². The van der Waals surface area contributed by atoms with Gasteiger partial charge in [0.05, 0.1) is 6.54 Å². The summed E-state index contributed by atoms with van der Waals surface area (Å²) < 4.78 is 2.13. The first-order chi connectivity index (χ1) is 9.72. The van der Waals surface area contributed by atoms with Crippen molar-refractivity contribution in [1.82, 2.24) is 14.5 Å². The van der Waals surface area contributed by atoms with E-state index in [2.05, 4.69) is 9.55 Å². The first-order valence-corrected chi connectivity index (χ1v) is 7.70. The Bertz CT molecular complexity index is 476. The van der Waals surface area contributed by atoms with Crippen LogP contribution in [-0.2, 0) is 17.9 Å². The number of hydrogen-bond acceptors (Lipinski definition) is 3. The van der Waals surface area contributed by atoms with E-state index in [1.807, 2.05) is 17.3 Å². The van der Waals surface area contributed by atoms with Crippen molar-refractivity contribution >= 4 is 5.91 Å². The fourth-order valence-corrected chi connectivity index (χ4v) is 3.57. The van der Waals surface area contributed by atoms with Crippen LogP contribution in [0.3, 0.4) is 0 Å². The lowest BCUT2D eigenvalue weighted by Gasteiger charge is -2.38. The lowest BCUT2D eigenvalue weighted by atomic mass is 9.71. The number of fused-ring (bicyclic) bond motifs is 1. The molecule has 110 valence electrons. The second-order valence-corrected chi connectivity index (χ2v) is 6.29. The van der Waals surface area contributed by atoms with Gasteiger partial charge in [-0.2, -0.15) is 0 Å². The number of imidazole rings is 1. The Hall–Kier alpha value is -1.36. The molecular weight excluding hydrogens is 252 g/mol. The van der Waals surface area contributed by atoms with Crippen LogP contribution in [0, 0.1) is 5.41 Å². The summed E-state index contributed by atoms with van der Waals surface area (Å²) in [5.41, 5.74) is 6.05. The molecule has 2 N–H and O–H groups in total. The van der Waals surface area contributed by atoms with Gasteiger partial charge in [-0.1, -0.05) is 19.3 Å². The maximum Gasteiger partial charge on any atom is 0.223 e. The number of carbonyl (C=O) groups is 1. The highest BCUT2D eigenvalue weighted by Gasteiger charge is 2.35. The standard InChI is InChI=1S/C15H24N4O/c16-12-15(4-2-1-3-5-15)10-14(20)19-9-8-18-7-6-17-13(18)11-19/h6-7H,1-5,8-12,16H2. The maximum atomic E-state index is 12.6. The number of aromatic nitrogens is 2. The highest BCUT2D eigenvalue weighted by molar-refractivity contribution is 5.77. The van der Waals surface area contributed by atoms with E-state index in [1.54, 1.807) is 0 Å². The monoisotopic (exact) mass is 276 g/mol. The smallest absolute Gasteiger partial charge is 0.223 e. The van der Waals surface area contributed by atoms with Gasteiger partial charge in [-0.25, -0.2) is 4.98 Å². The van der Waals surface area contributed by atoms with E-state index in [1.165, 1.54) is 19.3 Å². The third-order valence-electron chi connectivity index (χ3n) is 4.97. The zero-order chi connectivity index (χ0) is 14.0. The van der Waals surface area contributed by atoms with E-state index >= 15 is 0 Å². The molecule has 2 aliphatic rings. The summed E-state index contributed by atoms with van der Waals surface area (Å²) in [6.07, 6.45) is 10.4. The quantitative estimate of drug-likeness (QED) is 0.910. The van der Waals surface area contributed by atoms with E-state index in [4.69, 9.17) is 5.73 Å². The van der Waals surface area contributed by atoms with Crippen LogP contribution in [0.1, 0.15) is 44.3 Å². The zero-order valence-electron chi connectivity index (χ0n) is 12.1. The number of nitrogens with two attached hydrogens (primary N) is 1. The topological polar surface area (TPSA) is 64.2 Å². The molecule has 0 atom stereocenters. The molecule has 1 aliphatic carbocycles. The molecule has 0 saturated heterocycles. The number of carbonyl (C=O) groups excluding carboxylic acids is 1. The van der Waals surface area contributed by atoms with Gasteiger partial charge in [0.15, 0.2) is 0 Å². The number of hydrogen-bond donors (Lipinski definition) is 1. The van der Waals surface area contributed by atoms with E-state index in [-0.39, 0.29) is 11.3 Å². The van der Waals surface area contributed by atoms with E-state index in [0.29, 0.717) is 19.5 Å². The zero-order valence-corrected chi connectivity index (χ0v) is 12.1. The molecular formula is C15H24N4O. The molecule has 1 amide bonds. The number of rotatable bonds is 3. The summed E-state index contributed by atoms with van der Waals surface area (Å²) in [6, 6.07) is 0. The van der Waals surface area contributed by atoms with Crippen LogP contribution in [0.25, 0.3) is 0 Å². The minimum absolute atomic E-state index is 0.0577. The fourth-order valence-electron chi connectivity index (χ4n) is 3.57. The Kier molecular flexibility index (Phi) is 3.78. The Balaban J connectivity index is 1.64. The van der Waals surface area contributed by atoms with Gasteiger partial charge in [0.25, 0.3) is 0 Å². The van der Waals surface area contributed by atoms with Crippen LogP contribution in [0.2, 0.25) is 0 Å². The van der Waals surface area contributed by atoms with Crippen molar-refractivity contribution in [2.24, 2.45) is 11.1 Å². The van der Waals surface area contributed by atoms with Crippen LogP contribution < -0.4 is 5.73 Å². The van der Waals surface area contributed by atoms with Gasteiger partial charge < -0.3 is 15.2 Å². The van der Waals surface area contributed by atoms with Gasteiger partial charge in [-0.3, -0.25) is 4.79 Å². The molecule has 0 radical (unpaired) electrons. The molecule has 5 nitrogen and oxygen atoms in total. The first kappa shape index (κ1) is 13.6. The molecule has 20 heavy (non-hydrogen) atoms. The first-order valence-electron chi connectivity index (χ1n) is 7.70. The van der Waals surface area contributed by atoms with Crippen molar-refractivity contribution in [2.45, 2.75) is 51.6 Å². The van der Waals surface area contributed by atoms with E-state index in [9.17, 15) is 4.79 Å². The van der Waals surface area contributed by atoms with Gasteiger partial charge in [-0.15, -0.1) is 0 Å². The summed E-state index contributed by atoms with van der Waals surface area (Å²) in [4.78, 5) is 18.9. The van der Waals surface area contributed by atoms with Crippen LogP contribution in [-0.4, -0.2) is 33.4 Å². The number of nitrogens with zero attached hydrogens (tertiary/aromatic N) is 3. The fraction of sp³-hybridized carbons (Fsp3) is 0.733. The highest BCUT2D eigenvalue weighted by Crippen LogP contribution is 2.39. The molecule has 2 heterocycles. The molecule has 1 aromatic heterocycles. The average molecular weight is 276 g/mol. The predicted octanol–water partition coefficient (Wildman–Crippen LogP) is 1.52. The van der Waals surface area contributed by atoms with E-state index in [0.717, 1.165) is 31.8 Å². The Morgan fingerprint density at radius 3 is 2.85 bits per heavy atom. The van der Waals surface area contributed by atoms with Crippen molar-refractivity contribution in [1.29, 1.82) is 0 Å². The second kappa shape index (κ2) is 5.56. The molecule has 3 rings (SSSR count). The van der Waals surface area contributed by atoms with Crippen molar-refractivity contribution < 1.29 is 4.79 Å². The van der Waals surface area contributed by atoms with Crippen molar-refractivity contribution in [3.63, 3.8) is 0 Å². The minimum atomic E-state index is 0.0577.